The molecule has 4 nitrogen and oxygen atoms in total. The van der Waals surface area contributed by atoms with Crippen LogP contribution in [0.3, 0.4) is 0 Å². The van der Waals surface area contributed by atoms with Gasteiger partial charge in [0.15, 0.2) is 0 Å². The molecule has 5 heteroatoms. The van der Waals surface area contributed by atoms with Gasteiger partial charge in [0.25, 0.3) is 0 Å². The third-order valence-electron chi connectivity index (χ3n) is 4.07. The Hall–Kier alpha value is -1.62. The number of hydrogen-bond donors (Lipinski definition) is 1. The van der Waals surface area contributed by atoms with Crippen LogP contribution in [-0.4, -0.2) is 24.2 Å². The number of carbonyl (C=O) groups is 1. The Labute approximate surface area is 130 Å². The molecule has 0 aromatic heterocycles. The topological polar surface area (TPSA) is 61.6 Å². The zero-order valence-corrected chi connectivity index (χ0v) is 13.1. The van der Waals surface area contributed by atoms with Crippen molar-refractivity contribution in [2.24, 2.45) is 11.7 Å². The number of ether oxygens (including phenoxy) is 2. The second-order valence-corrected chi connectivity index (χ2v) is 6.02. The van der Waals surface area contributed by atoms with Crippen molar-refractivity contribution in [1.29, 1.82) is 0 Å². The Bertz CT molecular complexity index is 500. The van der Waals surface area contributed by atoms with Gasteiger partial charge in [-0.25, -0.2) is 4.39 Å². The molecule has 122 valence electrons. The van der Waals surface area contributed by atoms with Gasteiger partial charge in [-0.1, -0.05) is 18.9 Å². The molecule has 1 aromatic rings. The van der Waals surface area contributed by atoms with Crippen molar-refractivity contribution in [3.05, 3.63) is 30.1 Å². The molecule has 2 rings (SSSR count). The van der Waals surface area contributed by atoms with E-state index in [1.165, 1.54) is 12.1 Å². The number of benzene rings is 1. The van der Waals surface area contributed by atoms with Gasteiger partial charge in [-0.3, -0.25) is 4.79 Å². The minimum atomic E-state index is -0.666. The first-order chi connectivity index (χ1) is 10.5. The van der Waals surface area contributed by atoms with Gasteiger partial charge in [0.2, 0.25) is 0 Å². The molecule has 0 amide bonds. The summed E-state index contributed by atoms with van der Waals surface area (Å²) in [5.74, 6) is -0.0269. The number of nitrogens with two attached hydrogens (primary N) is 1. The largest absolute Gasteiger partial charge is 0.486 e. The second-order valence-electron chi connectivity index (χ2n) is 6.02. The van der Waals surface area contributed by atoms with Crippen molar-refractivity contribution in [3.8, 4) is 5.75 Å². The van der Waals surface area contributed by atoms with Crippen LogP contribution in [0.4, 0.5) is 4.39 Å². The number of hydrogen-bond acceptors (Lipinski definition) is 4. The Morgan fingerprint density at radius 1 is 1.32 bits per heavy atom. The summed E-state index contributed by atoms with van der Waals surface area (Å²) in [5, 5.41) is 0. The molecule has 2 N–H and O–H groups in total. The number of esters is 1. The smallest absolute Gasteiger partial charge is 0.323 e. The van der Waals surface area contributed by atoms with Crippen LogP contribution in [0.2, 0.25) is 0 Å². The van der Waals surface area contributed by atoms with E-state index in [0.29, 0.717) is 11.7 Å². The number of carbonyl (C=O) groups excluding carboxylic acids is 1. The maximum Gasteiger partial charge on any atom is 0.323 e. The van der Waals surface area contributed by atoms with Crippen molar-refractivity contribution in [1.82, 2.24) is 0 Å². The van der Waals surface area contributed by atoms with E-state index in [1.54, 1.807) is 19.1 Å². The first kappa shape index (κ1) is 16.7. The Kier molecular flexibility index (Phi) is 5.77. The van der Waals surface area contributed by atoms with E-state index in [0.717, 1.165) is 25.7 Å². The van der Waals surface area contributed by atoms with E-state index in [4.69, 9.17) is 15.2 Å². The fraction of sp³-hybridized carbons (Fsp3) is 0.588. The summed E-state index contributed by atoms with van der Waals surface area (Å²) >= 11 is 0. The molecular weight excluding hydrogens is 285 g/mol. The average molecular weight is 309 g/mol. The minimum Gasteiger partial charge on any atom is -0.486 e. The van der Waals surface area contributed by atoms with Crippen LogP contribution in [0.25, 0.3) is 0 Å². The minimum absolute atomic E-state index is 0.285. The van der Waals surface area contributed by atoms with E-state index in [-0.39, 0.29) is 11.9 Å². The predicted octanol–water partition coefficient (Wildman–Crippen LogP) is 3.04. The van der Waals surface area contributed by atoms with E-state index in [2.05, 4.69) is 0 Å². The van der Waals surface area contributed by atoms with Crippen molar-refractivity contribution < 1.29 is 18.7 Å². The molecule has 22 heavy (non-hydrogen) atoms. The predicted molar refractivity (Wildman–Crippen MR) is 82.0 cm³/mol. The van der Waals surface area contributed by atoms with Gasteiger partial charge < -0.3 is 15.2 Å². The summed E-state index contributed by atoms with van der Waals surface area (Å²) in [4.78, 5) is 11.7. The van der Waals surface area contributed by atoms with Crippen molar-refractivity contribution in [3.63, 3.8) is 0 Å². The SMILES string of the molecule is C[C@H](N)C(=O)O[C@@H](C)[C@H](Oc1cccc(F)c1)C1CCCC1. The summed E-state index contributed by atoms with van der Waals surface area (Å²) in [6, 6.07) is 5.37. The van der Waals surface area contributed by atoms with Gasteiger partial charge in [0.1, 0.15) is 29.8 Å². The molecule has 0 aliphatic heterocycles. The van der Waals surface area contributed by atoms with Crippen molar-refractivity contribution >= 4 is 5.97 Å². The van der Waals surface area contributed by atoms with E-state index in [9.17, 15) is 9.18 Å². The van der Waals surface area contributed by atoms with Crippen molar-refractivity contribution in [2.45, 2.75) is 57.8 Å². The monoisotopic (exact) mass is 309 g/mol. The standard InChI is InChI=1S/C17H24FNO3/c1-11(19)17(20)21-12(2)16(13-6-3-4-7-13)22-15-9-5-8-14(18)10-15/h5,8-13,16H,3-4,6-7,19H2,1-2H3/t11-,12-,16-/m0/s1. The van der Waals surface area contributed by atoms with Gasteiger partial charge in [0, 0.05) is 6.07 Å². The zero-order valence-electron chi connectivity index (χ0n) is 13.1. The summed E-state index contributed by atoms with van der Waals surface area (Å²) in [5.41, 5.74) is 5.55. The quantitative estimate of drug-likeness (QED) is 0.821. The molecule has 0 bridgehead atoms. The number of rotatable bonds is 6. The molecule has 1 aliphatic carbocycles. The molecule has 1 aromatic carbocycles. The third-order valence-corrected chi connectivity index (χ3v) is 4.07. The molecule has 0 heterocycles. The van der Waals surface area contributed by atoms with Crippen LogP contribution in [0.15, 0.2) is 24.3 Å². The second kappa shape index (κ2) is 7.58. The van der Waals surface area contributed by atoms with Crippen LogP contribution in [-0.2, 0) is 9.53 Å². The fourth-order valence-electron chi connectivity index (χ4n) is 2.92. The maximum absolute atomic E-state index is 13.3. The number of halogens is 1. The lowest BCUT2D eigenvalue weighted by Gasteiger charge is -2.30. The lowest BCUT2D eigenvalue weighted by atomic mass is 9.96. The van der Waals surface area contributed by atoms with Gasteiger partial charge in [-0.15, -0.1) is 0 Å². The molecule has 1 fully saturated rings. The maximum atomic E-state index is 13.3. The van der Waals surface area contributed by atoms with Crippen LogP contribution < -0.4 is 10.5 Å². The first-order valence-corrected chi connectivity index (χ1v) is 7.85. The molecule has 0 radical (unpaired) electrons. The van der Waals surface area contributed by atoms with E-state index >= 15 is 0 Å². The Morgan fingerprint density at radius 2 is 2.00 bits per heavy atom. The van der Waals surface area contributed by atoms with E-state index in [1.807, 2.05) is 6.92 Å². The highest BCUT2D eigenvalue weighted by molar-refractivity contribution is 5.75. The normalized spacial score (nSPS) is 19.5. The zero-order chi connectivity index (χ0) is 16.1. The highest BCUT2D eigenvalue weighted by Gasteiger charge is 2.33. The first-order valence-electron chi connectivity index (χ1n) is 7.85. The molecular formula is C17H24FNO3. The van der Waals surface area contributed by atoms with E-state index < -0.39 is 18.1 Å². The average Bonchev–Trinajstić information content (AvgIpc) is 2.98. The van der Waals surface area contributed by atoms with Gasteiger partial charge in [-0.05, 0) is 44.7 Å². The summed E-state index contributed by atoms with van der Waals surface area (Å²) in [6.07, 6.45) is 3.63. The summed E-state index contributed by atoms with van der Waals surface area (Å²) in [7, 11) is 0. The highest BCUT2D eigenvalue weighted by Crippen LogP contribution is 2.32. The third kappa shape index (κ3) is 4.44. The fourth-order valence-corrected chi connectivity index (χ4v) is 2.92. The van der Waals surface area contributed by atoms with Gasteiger partial charge in [0.05, 0.1) is 0 Å². The van der Waals surface area contributed by atoms with Crippen LogP contribution >= 0.6 is 0 Å². The lowest BCUT2D eigenvalue weighted by Crippen LogP contribution is -2.41. The molecule has 0 saturated heterocycles. The van der Waals surface area contributed by atoms with Gasteiger partial charge in [-0.2, -0.15) is 0 Å². The molecule has 1 aliphatic rings. The molecule has 1 saturated carbocycles. The lowest BCUT2D eigenvalue weighted by molar-refractivity contribution is -0.155. The summed E-state index contributed by atoms with van der Waals surface area (Å²) in [6.45, 7) is 3.40. The molecule has 0 unspecified atom stereocenters. The van der Waals surface area contributed by atoms with Crippen LogP contribution in [0.5, 0.6) is 5.75 Å². The van der Waals surface area contributed by atoms with Crippen molar-refractivity contribution in [2.75, 3.05) is 0 Å². The van der Waals surface area contributed by atoms with Crippen LogP contribution in [0, 0.1) is 11.7 Å². The molecule has 3 atom stereocenters. The highest BCUT2D eigenvalue weighted by atomic mass is 19.1. The Morgan fingerprint density at radius 3 is 2.59 bits per heavy atom. The van der Waals surface area contributed by atoms with Gasteiger partial charge >= 0.3 is 5.97 Å². The van der Waals surface area contributed by atoms with Crippen LogP contribution in [0.1, 0.15) is 39.5 Å². The summed E-state index contributed by atoms with van der Waals surface area (Å²) < 4.78 is 24.7. The molecule has 0 spiro atoms. The Balaban J connectivity index is 2.10.